The van der Waals surface area contributed by atoms with Crippen molar-refractivity contribution in [1.82, 2.24) is 0 Å². The standard InChI is InChI=1S/C27H46O10/c1-2-3-4-5-6-7-8-9-10-11-12-13-14-15-16-17-25(32)35-20-23(29)21-36-26(33)19-27(34,37-22-28)18-24(30)31/h9-10,22-23,29,34H,2-8,11-21H2,1H3,(H,30,31)/b10-9+. The SMILES string of the molecule is CCCCCCCC/C=C/CCCCCCCC(=O)OCC(O)COC(=O)CC(O)(CC(=O)O)OC=O. The predicted molar refractivity (Wildman–Crippen MR) is 136 cm³/mol. The Morgan fingerprint density at radius 2 is 1.30 bits per heavy atom. The molecule has 0 aliphatic carbocycles. The van der Waals surface area contributed by atoms with E-state index in [4.69, 9.17) is 14.6 Å². The minimum absolute atomic E-state index is 0.180. The van der Waals surface area contributed by atoms with Gasteiger partial charge < -0.3 is 29.5 Å². The van der Waals surface area contributed by atoms with Crippen molar-refractivity contribution < 1.29 is 48.7 Å². The smallest absolute Gasteiger partial charge is 0.312 e. The van der Waals surface area contributed by atoms with E-state index in [-0.39, 0.29) is 19.5 Å². The van der Waals surface area contributed by atoms with Crippen molar-refractivity contribution in [3.05, 3.63) is 12.2 Å². The molecule has 0 spiro atoms. The summed E-state index contributed by atoms with van der Waals surface area (Å²) in [7, 11) is 0. The van der Waals surface area contributed by atoms with Crippen LogP contribution in [0.4, 0.5) is 0 Å². The zero-order valence-corrected chi connectivity index (χ0v) is 22.2. The number of unbranched alkanes of at least 4 members (excludes halogenated alkanes) is 11. The van der Waals surface area contributed by atoms with E-state index in [0.29, 0.717) is 6.42 Å². The molecular weight excluding hydrogens is 484 g/mol. The summed E-state index contributed by atoms with van der Waals surface area (Å²) in [4.78, 5) is 44.6. The van der Waals surface area contributed by atoms with Crippen LogP contribution >= 0.6 is 0 Å². The normalized spacial score (nSPS) is 13.6. The zero-order chi connectivity index (χ0) is 27.8. The number of aliphatic hydroxyl groups excluding tert-OH is 1. The minimum atomic E-state index is -2.55. The molecule has 0 aromatic carbocycles. The van der Waals surface area contributed by atoms with E-state index in [1.54, 1.807) is 0 Å². The van der Waals surface area contributed by atoms with Gasteiger partial charge in [-0.1, -0.05) is 70.4 Å². The second-order valence-corrected chi connectivity index (χ2v) is 9.26. The molecule has 0 heterocycles. The van der Waals surface area contributed by atoms with Crippen LogP contribution in [0.3, 0.4) is 0 Å². The summed E-state index contributed by atoms with van der Waals surface area (Å²) < 4.78 is 13.9. The molecule has 10 heteroatoms. The number of hydrogen-bond donors (Lipinski definition) is 3. The molecule has 0 amide bonds. The lowest BCUT2D eigenvalue weighted by atomic mass is 10.1. The summed E-state index contributed by atoms with van der Waals surface area (Å²) in [5.74, 6) is -5.59. The molecule has 0 rings (SSSR count). The Kier molecular flexibility index (Phi) is 21.2. The highest BCUT2D eigenvalue weighted by atomic mass is 16.6. The number of esters is 2. The van der Waals surface area contributed by atoms with Crippen LogP contribution in [-0.2, 0) is 33.4 Å². The maximum absolute atomic E-state index is 11.8. The van der Waals surface area contributed by atoms with Crippen molar-refractivity contribution in [2.45, 2.75) is 122 Å². The Bertz CT molecular complexity index is 664. The molecule has 37 heavy (non-hydrogen) atoms. The van der Waals surface area contributed by atoms with Crippen LogP contribution in [0.5, 0.6) is 0 Å². The third-order valence-corrected chi connectivity index (χ3v) is 5.63. The van der Waals surface area contributed by atoms with Gasteiger partial charge in [0.15, 0.2) is 0 Å². The van der Waals surface area contributed by atoms with Crippen molar-refractivity contribution in [1.29, 1.82) is 0 Å². The topological polar surface area (TPSA) is 157 Å². The lowest BCUT2D eigenvalue weighted by Crippen LogP contribution is -2.38. The summed E-state index contributed by atoms with van der Waals surface area (Å²) in [6.07, 6.45) is 16.6. The zero-order valence-electron chi connectivity index (χ0n) is 22.2. The van der Waals surface area contributed by atoms with Crippen LogP contribution in [0, 0.1) is 0 Å². The molecule has 0 radical (unpaired) electrons. The predicted octanol–water partition coefficient (Wildman–Crippen LogP) is 4.20. The number of hydrogen-bond acceptors (Lipinski definition) is 9. The fraction of sp³-hybridized carbons (Fsp3) is 0.778. The van der Waals surface area contributed by atoms with Crippen molar-refractivity contribution in [3.63, 3.8) is 0 Å². The quantitative estimate of drug-likeness (QED) is 0.0390. The third kappa shape index (κ3) is 22.5. The maximum atomic E-state index is 11.8. The molecule has 2 unspecified atom stereocenters. The van der Waals surface area contributed by atoms with Gasteiger partial charge in [0.05, 0.1) is 0 Å². The lowest BCUT2D eigenvalue weighted by molar-refractivity contribution is -0.210. The van der Waals surface area contributed by atoms with Crippen molar-refractivity contribution >= 4 is 24.4 Å². The molecule has 2 atom stereocenters. The van der Waals surface area contributed by atoms with E-state index >= 15 is 0 Å². The van der Waals surface area contributed by atoms with Crippen LogP contribution in [-0.4, -0.2) is 64.8 Å². The highest BCUT2D eigenvalue weighted by Crippen LogP contribution is 2.17. The number of allylic oxidation sites excluding steroid dienone is 2. The molecular formula is C27H46O10. The fourth-order valence-corrected chi connectivity index (χ4v) is 3.59. The van der Waals surface area contributed by atoms with Crippen LogP contribution in [0.25, 0.3) is 0 Å². The average molecular weight is 531 g/mol. The highest BCUT2D eigenvalue weighted by molar-refractivity contribution is 5.74. The molecule has 0 saturated carbocycles. The second kappa shape index (κ2) is 22.7. The van der Waals surface area contributed by atoms with Gasteiger partial charge in [-0.05, 0) is 32.1 Å². The number of ether oxygens (including phenoxy) is 3. The van der Waals surface area contributed by atoms with Gasteiger partial charge in [0, 0.05) is 6.42 Å². The molecule has 0 saturated heterocycles. The first kappa shape index (κ1) is 34.5. The number of carboxylic acids is 1. The number of aliphatic hydroxyl groups is 2. The number of carbonyl (C=O) groups excluding carboxylic acids is 3. The monoisotopic (exact) mass is 530 g/mol. The first-order chi connectivity index (χ1) is 17.7. The third-order valence-electron chi connectivity index (χ3n) is 5.63. The van der Waals surface area contributed by atoms with Crippen LogP contribution in [0.15, 0.2) is 12.2 Å². The first-order valence-electron chi connectivity index (χ1n) is 13.4. The first-order valence-corrected chi connectivity index (χ1v) is 13.4. The molecule has 0 aromatic rings. The number of aliphatic carboxylic acids is 1. The summed E-state index contributed by atoms with van der Waals surface area (Å²) in [6.45, 7) is 1.14. The van der Waals surface area contributed by atoms with Gasteiger partial charge in [0.1, 0.15) is 32.2 Å². The van der Waals surface area contributed by atoms with Gasteiger partial charge in [-0.15, -0.1) is 0 Å². The Balaban J connectivity index is 3.74. The molecule has 0 aliphatic heterocycles. The second-order valence-electron chi connectivity index (χ2n) is 9.26. The van der Waals surface area contributed by atoms with E-state index in [2.05, 4.69) is 23.8 Å². The maximum Gasteiger partial charge on any atom is 0.312 e. The summed E-state index contributed by atoms with van der Waals surface area (Å²) in [5, 5.41) is 28.4. The van der Waals surface area contributed by atoms with Crippen LogP contribution in [0.2, 0.25) is 0 Å². The van der Waals surface area contributed by atoms with Crippen molar-refractivity contribution in [2.24, 2.45) is 0 Å². The summed E-state index contributed by atoms with van der Waals surface area (Å²) in [5.41, 5.74) is 0. The summed E-state index contributed by atoms with van der Waals surface area (Å²) in [6, 6.07) is 0. The number of rotatable bonds is 25. The van der Waals surface area contributed by atoms with Crippen LogP contribution in [0.1, 0.15) is 110 Å². The van der Waals surface area contributed by atoms with Crippen LogP contribution < -0.4 is 0 Å². The van der Waals surface area contributed by atoms with Gasteiger partial charge in [0.25, 0.3) is 6.47 Å². The molecule has 0 aromatic heterocycles. The Morgan fingerprint density at radius 1 is 0.784 bits per heavy atom. The fourth-order valence-electron chi connectivity index (χ4n) is 3.59. The highest BCUT2D eigenvalue weighted by Gasteiger charge is 2.36. The average Bonchev–Trinajstić information content (AvgIpc) is 2.83. The molecule has 0 fully saturated rings. The van der Waals surface area contributed by atoms with Gasteiger partial charge in [-0.3, -0.25) is 19.2 Å². The van der Waals surface area contributed by atoms with Crippen molar-refractivity contribution in [3.8, 4) is 0 Å². The largest absolute Gasteiger partial charge is 0.481 e. The molecule has 0 aliphatic rings. The van der Waals surface area contributed by atoms with E-state index in [0.717, 1.165) is 38.5 Å². The van der Waals surface area contributed by atoms with Gasteiger partial charge in [-0.25, -0.2) is 0 Å². The minimum Gasteiger partial charge on any atom is -0.481 e. The Labute approximate surface area is 220 Å². The number of carboxylic acid groups (broad SMARTS) is 1. The lowest BCUT2D eigenvalue weighted by Gasteiger charge is -2.23. The van der Waals surface area contributed by atoms with Gasteiger partial charge in [-0.2, -0.15) is 0 Å². The van der Waals surface area contributed by atoms with E-state index < -0.39 is 49.2 Å². The van der Waals surface area contributed by atoms with Crippen molar-refractivity contribution in [2.75, 3.05) is 13.2 Å². The van der Waals surface area contributed by atoms with E-state index in [1.165, 1.54) is 38.5 Å². The Hall–Kier alpha value is -2.46. The molecule has 0 bridgehead atoms. The molecule has 214 valence electrons. The van der Waals surface area contributed by atoms with E-state index in [1.807, 2.05) is 0 Å². The van der Waals surface area contributed by atoms with Gasteiger partial charge >= 0.3 is 17.9 Å². The van der Waals surface area contributed by atoms with E-state index in [9.17, 15) is 29.4 Å². The Morgan fingerprint density at radius 3 is 1.84 bits per heavy atom. The number of carbonyl (C=O) groups is 4. The molecule has 10 nitrogen and oxygen atoms in total. The summed E-state index contributed by atoms with van der Waals surface area (Å²) >= 11 is 0. The molecule has 3 N–H and O–H groups in total. The van der Waals surface area contributed by atoms with Gasteiger partial charge in [0.2, 0.25) is 5.79 Å².